The molecule has 1 aromatic rings. The summed E-state index contributed by atoms with van der Waals surface area (Å²) in [6, 6.07) is 4.73. The number of nitrogens with one attached hydrogen (secondary N) is 1. The van der Waals surface area contributed by atoms with E-state index < -0.39 is 17.4 Å². The molecule has 136 valence electrons. The molecule has 7 heteroatoms. The Morgan fingerprint density at radius 1 is 1.29 bits per heavy atom. The molecule has 2 atom stereocenters. The summed E-state index contributed by atoms with van der Waals surface area (Å²) >= 11 is 0. The van der Waals surface area contributed by atoms with Crippen molar-refractivity contribution in [2.45, 2.75) is 31.1 Å². The highest BCUT2D eigenvalue weighted by molar-refractivity contribution is 5.85. The molecule has 24 heavy (non-hydrogen) atoms. The first kappa shape index (κ1) is 19.5. The van der Waals surface area contributed by atoms with Gasteiger partial charge in [-0.15, -0.1) is 12.4 Å². The summed E-state index contributed by atoms with van der Waals surface area (Å²) < 4.78 is 53.7. The Morgan fingerprint density at radius 2 is 2.08 bits per heavy atom. The van der Waals surface area contributed by atoms with E-state index in [0.29, 0.717) is 12.5 Å². The summed E-state index contributed by atoms with van der Waals surface area (Å²) in [5.41, 5.74) is -2.30. The van der Waals surface area contributed by atoms with E-state index in [1.807, 2.05) is 0 Å². The number of nitrogens with zero attached hydrogens (tertiary/aromatic N) is 1. The van der Waals surface area contributed by atoms with E-state index in [1.54, 1.807) is 0 Å². The Balaban J connectivity index is 0.00000208. The van der Waals surface area contributed by atoms with Crippen LogP contribution in [0.2, 0.25) is 0 Å². The molecule has 1 aromatic carbocycles. The normalized spacial score (nSPS) is 28.6. The molecular weight excluding hydrogens is 344 g/mol. The van der Waals surface area contributed by atoms with Crippen molar-refractivity contribution >= 4 is 12.4 Å². The van der Waals surface area contributed by atoms with Crippen molar-refractivity contribution in [3.63, 3.8) is 0 Å². The maximum atomic E-state index is 15.2. The second kappa shape index (κ2) is 7.58. The standard InChI is InChI=1S/C17H22F4N2.ClH/c18-16(14-4-1-5-15(9-14)17(19,20)21)6-8-23(12-16)11-13-3-2-7-22-10-13;/h1,4-5,9,13,22H,2-3,6-8,10-12H2;1H. The third-order valence-corrected chi connectivity index (χ3v) is 4.92. The predicted octanol–water partition coefficient (Wildman–Crippen LogP) is 4.00. The fraction of sp³-hybridized carbons (Fsp3) is 0.647. The Bertz CT molecular complexity index is 546. The van der Waals surface area contributed by atoms with Gasteiger partial charge in [0.05, 0.1) is 5.56 Å². The zero-order valence-electron chi connectivity index (χ0n) is 13.4. The van der Waals surface area contributed by atoms with Gasteiger partial charge in [0.15, 0.2) is 0 Å². The van der Waals surface area contributed by atoms with E-state index in [0.717, 1.165) is 44.6 Å². The van der Waals surface area contributed by atoms with Crippen LogP contribution in [0.5, 0.6) is 0 Å². The fourth-order valence-corrected chi connectivity index (χ4v) is 3.66. The monoisotopic (exact) mass is 366 g/mol. The quantitative estimate of drug-likeness (QED) is 0.813. The molecule has 2 nitrogen and oxygen atoms in total. The molecule has 0 amide bonds. The highest BCUT2D eigenvalue weighted by Crippen LogP contribution is 2.39. The zero-order valence-corrected chi connectivity index (χ0v) is 14.2. The van der Waals surface area contributed by atoms with Gasteiger partial charge in [0.2, 0.25) is 0 Å². The fourth-order valence-electron chi connectivity index (χ4n) is 3.66. The van der Waals surface area contributed by atoms with Crippen LogP contribution in [0, 0.1) is 5.92 Å². The van der Waals surface area contributed by atoms with Crippen LogP contribution in [0.25, 0.3) is 0 Å². The third-order valence-electron chi connectivity index (χ3n) is 4.92. The third kappa shape index (κ3) is 4.41. The van der Waals surface area contributed by atoms with Crippen molar-refractivity contribution in [3.8, 4) is 0 Å². The Hall–Kier alpha value is -0.850. The van der Waals surface area contributed by atoms with Gasteiger partial charge in [-0.2, -0.15) is 13.2 Å². The molecule has 2 aliphatic rings. The largest absolute Gasteiger partial charge is 0.416 e. The van der Waals surface area contributed by atoms with Crippen LogP contribution < -0.4 is 5.32 Å². The molecule has 0 radical (unpaired) electrons. The first-order valence-corrected chi connectivity index (χ1v) is 8.16. The van der Waals surface area contributed by atoms with E-state index in [2.05, 4.69) is 10.2 Å². The van der Waals surface area contributed by atoms with E-state index in [-0.39, 0.29) is 30.9 Å². The Labute approximate surface area is 146 Å². The van der Waals surface area contributed by atoms with Crippen LogP contribution in [0.3, 0.4) is 0 Å². The molecule has 2 saturated heterocycles. The summed E-state index contributed by atoms with van der Waals surface area (Å²) in [6.45, 7) is 3.58. The number of hydrogen-bond acceptors (Lipinski definition) is 2. The average Bonchev–Trinajstić information content (AvgIpc) is 2.90. The molecule has 0 aromatic heterocycles. The summed E-state index contributed by atoms with van der Waals surface area (Å²) in [5, 5.41) is 3.34. The number of benzene rings is 1. The summed E-state index contributed by atoms with van der Waals surface area (Å²) in [6.07, 6.45) is -1.91. The average molecular weight is 367 g/mol. The van der Waals surface area contributed by atoms with Gasteiger partial charge in [-0.3, -0.25) is 4.90 Å². The van der Waals surface area contributed by atoms with Crippen molar-refractivity contribution in [1.82, 2.24) is 10.2 Å². The Kier molecular flexibility index (Phi) is 6.15. The highest BCUT2D eigenvalue weighted by atomic mass is 35.5. The van der Waals surface area contributed by atoms with Crippen molar-refractivity contribution in [3.05, 3.63) is 35.4 Å². The number of likely N-dealkylation sites (tertiary alicyclic amines) is 1. The van der Waals surface area contributed by atoms with Gasteiger partial charge in [0, 0.05) is 19.6 Å². The number of piperidine rings is 1. The van der Waals surface area contributed by atoms with E-state index in [1.165, 1.54) is 12.1 Å². The molecule has 2 aliphatic heterocycles. The minimum atomic E-state index is -4.43. The van der Waals surface area contributed by atoms with E-state index in [9.17, 15) is 13.2 Å². The number of alkyl halides is 4. The predicted molar refractivity (Wildman–Crippen MR) is 88.1 cm³/mol. The highest BCUT2D eigenvalue weighted by Gasteiger charge is 2.41. The number of rotatable bonds is 3. The molecule has 0 saturated carbocycles. The molecule has 1 N–H and O–H groups in total. The van der Waals surface area contributed by atoms with Gasteiger partial charge in [-0.05, 0) is 56.0 Å². The molecule has 2 unspecified atom stereocenters. The maximum absolute atomic E-state index is 15.2. The summed E-state index contributed by atoms with van der Waals surface area (Å²) in [4.78, 5) is 2.05. The van der Waals surface area contributed by atoms with E-state index in [4.69, 9.17) is 0 Å². The molecule has 2 heterocycles. The van der Waals surface area contributed by atoms with Crippen molar-refractivity contribution in [2.24, 2.45) is 5.92 Å². The Morgan fingerprint density at radius 3 is 2.75 bits per heavy atom. The van der Waals surface area contributed by atoms with Crippen LogP contribution in [0.1, 0.15) is 30.4 Å². The smallest absolute Gasteiger partial charge is 0.316 e. The molecule has 3 rings (SSSR count). The zero-order chi connectivity index (χ0) is 16.5. The van der Waals surface area contributed by atoms with Gasteiger partial charge >= 0.3 is 6.18 Å². The van der Waals surface area contributed by atoms with Gasteiger partial charge in [-0.1, -0.05) is 12.1 Å². The van der Waals surface area contributed by atoms with E-state index >= 15 is 4.39 Å². The van der Waals surface area contributed by atoms with Gasteiger partial charge in [0.1, 0.15) is 5.67 Å². The van der Waals surface area contributed by atoms with Crippen LogP contribution in [-0.2, 0) is 11.8 Å². The molecule has 0 aliphatic carbocycles. The minimum Gasteiger partial charge on any atom is -0.316 e. The molecule has 0 spiro atoms. The van der Waals surface area contributed by atoms with Gasteiger partial charge in [-0.25, -0.2) is 4.39 Å². The number of hydrogen-bond donors (Lipinski definition) is 1. The van der Waals surface area contributed by atoms with Crippen molar-refractivity contribution < 1.29 is 17.6 Å². The van der Waals surface area contributed by atoms with Gasteiger partial charge in [0.25, 0.3) is 0 Å². The first-order valence-electron chi connectivity index (χ1n) is 8.16. The van der Waals surface area contributed by atoms with Crippen molar-refractivity contribution in [1.29, 1.82) is 0 Å². The van der Waals surface area contributed by atoms with Crippen LogP contribution in [0.15, 0.2) is 24.3 Å². The van der Waals surface area contributed by atoms with Crippen LogP contribution in [-0.4, -0.2) is 37.6 Å². The first-order chi connectivity index (χ1) is 10.9. The molecule has 0 bridgehead atoms. The summed E-state index contributed by atoms with van der Waals surface area (Å²) in [7, 11) is 0. The minimum absolute atomic E-state index is 0. The SMILES string of the molecule is Cl.FC(F)(F)c1cccc(C2(F)CCN(CC3CCCNC3)C2)c1. The lowest BCUT2D eigenvalue weighted by atomic mass is 9.93. The summed E-state index contributed by atoms with van der Waals surface area (Å²) in [5.74, 6) is 0.507. The lowest BCUT2D eigenvalue weighted by Crippen LogP contribution is -2.38. The molecule has 2 fully saturated rings. The lowest BCUT2D eigenvalue weighted by Gasteiger charge is -2.28. The van der Waals surface area contributed by atoms with Crippen LogP contribution >= 0.6 is 12.4 Å². The van der Waals surface area contributed by atoms with Crippen LogP contribution in [0.4, 0.5) is 17.6 Å². The maximum Gasteiger partial charge on any atom is 0.416 e. The number of halogens is 5. The second-order valence-corrected chi connectivity index (χ2v) is 6.74. The van der Waals surface area contributed by atoms with Gasteiger partial charge < -0.3 is 5.32 Å². The topological polar surface area (TPSA) is 15.3 Å². The second-order valence-electron chi connectivity index (χ2n) is 6.74. The lowest BCUT2D eigenvalue weighted by molar-refractivity contribution is -0.137. The molecular formula is C17H23ClF4N2. The van der Waals surface area contributed by atoms with Crippen molar-refractivity contribution in [2.75, 3.05) is 32.7 Å².